The van der Waals surface area contributed by atoms with Gasteiger partial charge in [-0.2, -0.15) is 0 Å². The molecule has 0 aliphatic heterocycles. The van der Waals surface area contributed by atoms with Gasteiger partial charge >= 0.3 is 0 Å². The number of carbonyl (C=O) groups excluding carboxylic acids is 1. The summed E-state index contributed by atoms with van der Waals surface area (Å²) < 4.78 is 0. The lowest BCUT2D eigenvalue weighted by molar-refractivity contribution is -0.133. The molecule has 0 heterocycles. The Hall–Kier alpha value is -2.13. The normalized spacial score (nSPS) is 15.8. The van der Waals surface area contributed by atoms with Crippen LogP contribution >= 0.6 is 0 Å². The molecule has 2 aromatic carbocycles. The van der Waals surface area contributed by atoms with E-state index in [-0.39, 0.29) is 11.8 Å². The van der Waals surface area contributed by atoms with Gasteiger partial charge in [0.15, 0.2) is 0 Å². The second-order valence-electron chi connectivity index (χ2n) is 5.81. The van der Waals surface area contributed by atoms with E-state index in [2.05, 4.69) is 24.3 Å². The third-order valence-corrected chi connectivity index (χ3v) is 4.38. The Bertz CT molecular complexity index is 639. The SMILES string of the molecule is NCCN(CCc1ccccc1)C(=O)C1Cc2ccccc21. The first-order valence-electron chi connectivity index (χ1n) is 7.90. The van der Waals surface area contributed by atoms with E-state index in [0.717, 1.165) is 19.4 Å². The van der Waals surface area contributed by atoms with Crippen LogP contribution in [0.5, 0.6) is 0 Å². The first kappa shape index (κ1) is 14.8. The van der Waals surface area contributed by atoms with Gasteiger partial charge in [-0.15, -0.1) is 0 Å². The van der Waals surface area contributed by atoms with Crippen molar-refractivity contribution in [1.82, 2.24) is 4.90 Å². The number of hydrogen-bond donors (Lipinski definition) is 1. The van der Waals surface area contributed by atoms with Crippen LogP contribution in [-0.4, -0.2) is 30.4 Å². The molecule has 114 valence electrons. The van der Waals surface area contributed by atoms with Gasteiger partial charge in [-0.25, -0.2) is 0 Å². The molecule has 0 radical (unpaired) electrons. The summed E-state index contributed by atoms with van der Waals surface area (Å²) in [6.07, 6.45) is 1.74. The van der Waals surface area contributed by atoms with E-state index in [0.29, 0.717) is 13.1 Å². The van der Waals surface area contributed by atoms with E-state index in [1.807, 2.05) is 35.2 Å². The molecule has 2 aromatic rings. The van der Waals surface area contributed by atoms with E-state index in [1.54, 1.807) is 0 Å². The summed E-state index contributed by atoms with van der Waals surface area (Å²) in [5.41, 5.74) is 9.44. The highest BCUT2D eigenvalue weighted by molar-refractivity contribution is 5.87. The number of carbonyl (C=O) groups is 1. The van der Waals surface area contributed by atoms with Crippen LogP contribution in [0.25, 0.3) is 0 Å². The van der Waals surface area contributed by atoms with Gasteiger partial charge in [-0.1, -0.05) is 54.6 Å². The van der Waals surface area contributed by atoms with Crippen LogP contribution in [0.2, 0.25) is 0 Å². The average Bonchev–Trinajstić information content (AvgIpc) is 2.53. The van der Waals surface area contributed by atoms with Crippen LogP contribution < -0.4 is 5.73 Å². The maximum absolute atomic E-state index is 12.8. The highest BCUT2D eigenvalue weighted by Gasteiger charge is 2.34. The molecular formula is C19H22N2O. The van der Waals surface area contributed by atoms with Gasteiger partial charge in [0.1, 0.15) is 0 Å². The number of nitrogens with two attached hydrogens (primary N) is 1. The van der Waals surface area contributed by atoms with Crippen molar-refractivity contribution < 1.29 is 4.79 Å². The Morgan fingerprint density at radius 2 is 1.77 bits per heavy atom. The highest BCUT2D eigenvalue weighted by atomic mass is 16.2. The fourth-order valence-electron chi connectivity index (χ4n) is 3.10. The zero-order chi connectivity index (χ0) is 15.4. The van der Waals surface area contributed by atoms with Gasteiger partial charge in [0.2, 0.25) is 5.91 Å². The molecule has 0 saturated heterocycles. The van der Waals surface area contributed by atoms with Crippen LogP contribution in [0.15, 0.2) is 54.6 Å². The molecule has 1 amide bonds. The van der Waals surface area contributed by atoms with E-state index in [9.17, 15) is 4.79 Å². The quantitative estimate of drug-likeness (QED) is 0.889. The number of fused-ring (bicyclic) bond motifs is 1. The first-order valence-corrected chi connectivity index (χ1v) is 7.90. The molecule has 22 heavy (non-hydrogen) atoms. The van der Waals surface area contributed by atoms with Crippen molar-refractivity contribution in [2.24, 2.45) is 5.73 Å². The van der Waals surface area contributed by atoms with Crippen molar-refractivity contribution in [1.29, 1.82) is 0 Å². The predicted molar refractivity (Wildman–Crippen MR) is 88.7 cm³/mol. The zero-order valence-electron chi connectivity index (χ0n) is 12.7. The fraction of sp³-hybridized carbons (Fsp3) is 0.316. The van der Waals surface area contributed by atoms with Crippen LogP contribution in [0, 0.1) is 0 Å². The molecule has 1 aliphatic carbocycles. The molecule has 3 rings (SSSR count). The lowest BCUT2D eigenvalue weighted by Gasteiger charge is -2.34. The minimum Gasteiger partial charge on any atom is -0.341 e. The third-order valence-electron chi connectivity index (χ3n) is 4.38. The molecule has 1 aliphatic rings. The molecule has 0 fully saturated rings. The van der Waals surface area contributed by atoms with Gasteiger partial charge < -0.3 is 10.6 Å². The molecule has 2 N–H and O–H groups in total. The summed E-state index contributed by atoms with van der Waals surface area (Å²) in [7, 11) is 0. The number of nitrogens with zero attached hydrogens (tertiary/aromatic N) is 1. The standard InChI is InChI=1S/C19H22N2O/c20-11-13-21(12-10-15-6-2-1-3-7-15)19(22)18-14-16-8-4-5-9-17(16)18/h1-9,18H,10-14,20H2. The van der Waals surface area contributed by atoms with Crippen molar-refractivity contribution >= 4 is 5.91 Å². The van der Waals surface area contributed by atoms with Crippen LogP contribution in [0.1, 0.15) is 22.6 Å². The lowest BCUT2D eigenvalue weighted by atomic mass is 9.77. The molecule has 1 atom stereocenters. The van der Waals surface area contributed by atoms with Crippen LogP contribution in [-0.2, 0) is 17.6 Å². The second kappa shape index (κ2) is 6.75. The van der Waals surface area contributed by atoms with E-state index < -0.39 is 0 Å². The van der Waals surface area contributed by atoms with Crippen LogP contribution in [0.3, 0.4) is 0 Å². The zero-order valence-corrected chi connectivity index (χ0v) is 12.7. The molecule has 1 unspecified atom stereocenters. The minimum absolute atomic E-state index is 0.0264. The van der Waals surface area contributed by atoms with Crippen LogP contribution in [0.4, 0.5) is 0 Å². The lowest BCUT2D eigenvalue weighted by Crippen LogP contribution is -2.42. The molecule has 3 heteroatoms. The Labute approximate surface area is 131 Å². The van der Waals surface area contributed by atoms with Crippen molar-refractivity contribution in [2.45, 2.75) is 18.8 Å². The largest absolute Gasteiger partial charge is 0.341 e. The molecule has 0 spiro atoms. The Kier molecular flexibility index (Phi) is 4.54. The third kappa shape index (κ3) is 3.04. The summed E-state index contributed by atoms with van der Waals surface area (Å²) in [6.45, 7) is 1.87. The summed E-state index contributed by atoms with van der Waals surface area (Å²) in [4.78, 5) is 14.7. The van der Waals surface area contributed by atoms with E-state index in [4.69, 9.17) is 5.73 Å². The first-order chi connectivity index (χ1) is 10.8. The molecule has 0 aromatic heterocycles. The Morgan fingerprint density at radius 3 is 2.50 bits per heavy atom. The van der Waals surface area contributed by atoms with Crippen molar-refractivity contribution in [3.05, 3.63) is 71.3 Å². The maximum Gasteiger partial charge on any atom is 0.230 e. The number of amides is 1. The van der Waals surface area contributed by atoms with Gasteiger partial charge in [0.25, 0.3) is 0 Å². The van der Waals surface area contributed by atoms with Gasteiger partial charge in [0.05, 0.1) is 5.92 Å². The maximum atomic E-state index is 12.8. The average molecular weight is 294 g/mol. The molecule has 0 bridgehead atoms. The topological polar surface area (TPSA) is 46.3 Å². The summed E-state index contributed by atoms with van der Waals surface area (Å²) >= 11 is 0. The predicted octanol–water partition coefficient (Wildman–Crippen LogP) is 2.36. The summed E-state index contributed by atoms with van der Waals surface area (Å²) in [5, 5.41) is 0. The van der Waals surface area contributed by atoms with E-state index >= 15 is 0 Å². The van der Waals surface area contributed by atoms with Crippen molar-refractivity contribution in [2.75, 3.05) is 19.6 Å². The van der Waals surface area contributed by atoms with Gasteiger partial charge in [-0.05, 0) is 29.5 Å². The van der Waals surface area contributed by atoms with Crippen molar-refractivity contribution in [3.8, 4) is 0 Å². The minimum atomic E-state index is 0.0264. The van der Waals surface area contributed by atoms with Crippen molar-refractivity contribution in [3.63, 3.8) is 0 Å². The van der Waals surface area contributed by atoms with Gasteiger partial charge in [0, 0.05) is 19.6 Å². The highest BCUT2D eigenvalue weighted by Crippen LogP contribution is 2.36. The molecule has 3 nitrogen and oxygen atoms in total. The number of rotatable bonds is 6. The number of benzene rings is 2. The Morgan fingerprint density at radius 1 is 1.05 bits per heavy atom. The van der Waals surface area contributed by atoms with E-state index in [1.165, 1.54) is 16.7 Å². The second-order valence-corrected chi connectivity index (χ2v) is 5.81. The number of hydrogen-bond acceptors (Lipinski definition) is 2. The monoisotopic (exact) mass is 294 g/mol. The smallest absolute Gasteiger partial charge is 0.230 e. The molecule has 0 saturated carbocycles. The summed E-state index contributed by atoms with van der Waals surface area (Å²) in [5.74, 6) is 0.249. The van der Waals surface area contributed by atoms with Gasteiger partial charge in [-0.3, -0.25) is 4.79 Å². The fourth-order valence-corrected chi connectivity index (χ4v) is 3.10. The summed E-state index contributed by atoms with van der Waals surface area (Å²) in [6, 6.07) is 18.5. The molecular weight excluding hydrogens is 272 g/mol. The Balaban J connectivity index is 1.65.